The van der Waals surface area contributed by atoms with Crippen molar-refractivity contribution in [1.29, 1.82) is 0 Å². The molecule has 3 N–H and O–H groups in total. The third kappa shape index (κ3) is 4.60. The highest BCUT2D eigenvalue weighted by Crippen LogP contribution is 2.46. The fraction of sp³-hybridized carbons (Fsp3) is 0.375. The average molecular weight is 446 g/mol. The quantitative estimate of drug-likeness (QED) is 0.470. The van der Waals surface area contributed by atoms with Crippen LogP contribution in [0, 0.1) is 11.3 Å². The maximum Gasteiger partial charge on any atom is 0.416 e. The van der Waals surface area contributed by atoms with Gasteiger partial charge >= 0.3 is 6.18 Å². The number of fused-ring (bicyclic) bond motifs is 1. The number of aromatic amines is 1. The Morgan fingerprint density at radius 2 is 1.94 bits per heavy atom. The Bertz CT molecular complexity index is 1100. The monoisotopic (exact) mass is 446 g/mol. The molecule has 2 aromatic carbocycles. The van der Waals surface area contributed by atoms with E-state index in [0.29, 0.717) is 37.3 Å². The summed E-state index contributed by atoms with van der Waals surface area (Å²) in [6.07, 6.45) is -0.811. The first kappa shape index (κ1) is 22.2. The van der Waals surface area contributed by atoms with Crippen molar-refractivity contribution >= 4 is 22.5 Å². The van der Waals surface area contributed by atoms with Crippen LogP contribution in [-0.4, -0.2) is 29.2 Å². The van der Waals surface area contributed by atoms with Crippen LogP contribution in [0.3, 0.4) is 0 Å². The number of anilines is 1. The van der Waals surface area contributed by atoms with Crippen molar-refractivity contribution < 1.29 is 27.8 Å². The minimum atomic E-state index is -4.34. The molecule has 1 aliphatic carbocycles. The number of carbonyl (C=O) groups is 1. The Morgan fingerprint density at radius 1 is 1.22 bits per heavy atom. The molecule has 170 valence electrons. The van der Waals surface area contributed by atoms with Crippen LogP contribution >= 0.6 is 0 Å². The van der Waals surface area contributed by atoms with Crippen LogP contribution in [0.4, 0.5) is 18.9 Å². The average Bonchev–Trinajstić information content (AvgIpc) is 3.13. The first-order chi connectivity index (χ1) is 15.2. The Kier molecular flexibility index (Phi) is 5.90. The van der Waals surface area contributed by atoms with E-state index in [1.807, 2.05) is 19.1 Å². The highest BCUT2D eigenvalue weighted by atomic mass is 19.4. The zero-order valence-corrected chi connectivity index (χ0v) is 17.6. The van der Waals surface area contributed by atoms with Gasteiger partial charge in [-0.25, -0.2) is 0 Å². The van der Waals surface area contributed by atoms with Gasteiger partial charge < -0.3 is 20.1 Å². The lowest BCUT2D eigenvalue weighted by molar-refractivity contribution is -0.137. The number of hydrogen-bond donors (Lipinski definition) is 3. The van der Waals surface area contributed by atoms with Crippen LogP contribution < -0.4 is 10.1 Å². The molecule has 0 saturated heterocycles. The molecule has 32 heavy (non-hydrogen) atoms. The van der Waals surface area contributed by atoms with Gasteiger partial charge in [-0.2, -0.15) is 13.2 Å². The van der Waals surface area contributed by atoms with Crippen molar-refractivity contribution in [1.82, 2.24) is 4.98 Å². The van der Waals surface area contributed by atoms with Crippen molar-refractivity contribution in [2.24, 2.45) is 11.3 Å². The van der Waals surface area contributed by atoms with Gasteiger partial charge in [0.25, 0.3) is 0 Å². The van der Waals surface area contributed by atoms with Gasteiger partial charge in [-0.3, -0.25) is 4.79 Å². The van der Waals surface area contributed by atoms with E-state index in [1.165, 1.54) is 12.1 Å². The Morgan fingerprint density at radius 3 is 2.59 bits per heavy atom. The molecule has 1 aliphatic rings. The van der Waals surface area contributed by atoms with Gasteiger partial charge in [0, 0.05) is 35.5 Å². The van der Waals surface area contributed by atoms with E-state index in [-0.39, 0.29) is 18.4 Å². The number of alkyl halides is 3. The Hall–Kier alpha value is -3.00. The maximum absolute atomic E-state index is 12.7. The number of nitrogens with one attached hydrogen (secondary N) is 2. The van der Waals surface area contributed by atoms with E-state index in [9.17, 15) is 23.1 Å². The number of aliphatic hydroxyl groups excluding tert-OH is 1. The molecule has 1 saturated carbocycles. The lowest BCUT2D eigenvalue weighted by atomic mass is 9.63. The molecule has 0 unspecified atom stereocenters. The fourth-order valence-electron chi connectivity index (χ4n) is 4.24. The molecule has 0 spiro atoms. The summed E-state index contributed by atoms with van der Waals surface area (Å²) in [5.41, 5.74) is 1.11. The third-order valence-electron chi connectivity index (χ3n) is 6.13. The van der Waals surface area contributed by atoms with E-state index in [4.69, 9.17) is 4.74 Å². The number of aromatic nitrogens is 1. The van der Waals surface area contributed by atoms with E-state index < -0.39 is 17.2 Å². The van der Waals surface area contributed by atoms with Crippen LogP contribution in [0.1, 0.15) is 30.9 Å². The number of H-pyrrole nitrogens is 1. The second kappa shape index (κ2) is 8.50. The molecule has 1 fully saturated rings. The zero-order chi connectivity index (χ0) is 22.9. The van der Waals surface area contributed by atoms with E-state index >= 15 is 0 Å². The van der Waals surface area contributed by atoms with Crippen LogP contribution in [0.25, 0.3) is 10.9 Å². The molecule has 3 aromatic rings. The molecule has 0 bridgehead atoms. The van der Waals surface area contributed by atoms with Crippen molar-refractivity contribution in [3.8, 4) is 5.75 Å². The summed E-state index contributed by atoms with van der Waals surface area (Å²) in [6, 6.07) is 10.5. The second-order valence-electron chi connectivity index (χ2n) is 8.67. The third-order valence-corrected chi connectivity index (χ3v) is 6.13. The molecule has 5 nitrogen and oxygen atoms in total. The van der Waals surface area contributed by atoms with Gasteiger partial charge in [0.2, 0.25) is 5.91 Å². The highest BCUT2D eigenvalue weighted by Gasteiger charge is 2.45. The van der Waals surface area contributed by atoms with Crippen LogP contribution in [0.2, 0.25) is 0 Å². The number of aliphatic hydroxyl groups is 1. The topological polar surface area (TPSA) is 74.4 Å². The first-order valence-electron chi connectivity index (χ1n) is 10.5. The minimum Gasteiger partial charge on any atom is -0.493 e. The van der Waals surface area contributed by atoms with Crippen LogP contribution in [0.5, 0.6) is 5.75 Å². The van der Waals surface area contributed by atoms with Gasteiger partial charge in [0.1, 0.15) is 5.75 Å². The lowest BCUT2D eigenvalue weighted by Gasteiger charge is -2.42. The summed E-state index contributed by atoms with van der Waals surface area (Å²) >= 11 is 0. The molecule has 0 radical (unpaired) electrons. The van der Waals surface area contributed by atoms with E-state index in [2.05, 4.69) is 10.3 Å². The summed E-state index contributed by atoms with van der Waals surface area (Å²) in [4.78, 5) is 15.8. The number of halogens is 3. The number of benzene rings is 2. The van der Waals surface area contributed by atoms with Crippen molar-refractivity contribution in [3.05, 3.63) is 59.8 Å². The summed E-state index contributed by atoms with van der Waals surface area (Å²) in [5, 5.41) is 13.0. The Balaban J connectivity index is 1.38. The van der Waals surface area contributed by atoms with Crippen molar-refractivity contribution in [2.45, 2.75) is 32.4 Å². The van der Waals surface area contributed by atoms with Gasteiger partial charge in [0.15, 0.2) is 0 Å². The van der Waals surface area contributed by atoms with Crippen molar-refractivity contribution in [3.63, 3.8) is 0 Å². The number of rotatable bonds is 7. The molecule has 0 atom stereocenters. The number of ether oxygens (including phenoxy) is 1. The predicted octanol–water partition coefficient (Wildman–Crippen LogP) is 5.16. The number of amides is 1. The SMILES string of the molecule is C[C@]1(C(=O)Nc2c[nH]c3ccc(OCCc4ccc(C(F)(F)F)cc4)cc23)C[C@@H](CO)C1. The van der Waals surface area contributed by atoms with Gasteiger partial charge in [-0.05, 0) is 54.7 Å². The molecule has 0 aliphatic heterocycles. The van der Waals surface area contributed by atoms with E-state index in [0.717, 1.165) is 28.6 Å². The van der Waals surface area contributed by atoms with Gasteiger partial charge in [-0.15, -0.1) is 0 Å². The zero-order valence-electron chi connectivity index (χ0n) is 17.6. The maximum atomic E-state index is 12.7. The summed E-state index contributed by atoms with van der Waals surface area (Å²) in [7, 11) is 0. The summed E-state index contributed by atoms with van der Waals surface area (Å²) in [6.45, 7) is 2.31. The smallest absolute Gasteiger partial charge is 0.416 e. The van der Waals surface area contributed by atoms with Crippen molar-refractivity contribution in [2.75, 3.05) is 18.5 Å². The Labute approximate surface area is 183 Å². The molecule has 1 aromatic heterocycles. The van der Waals surface area contributed by atoms with Gasteiger partial charge in [-0.1, -0.05) is 19.1 Å². The van der Waals surface area contributed by atoms with Gasteiger partial charge in [0.05, 0.1) is 17.9 Å². The second-order valence-corrected chi connectivity index (χ2v) is 8.67. The lowest BCUT2D eigenvalue weighted by Crippen LogP contribution is -2.45. The summed E-state index contributed by atoms with van der Waals surface area (Å²) < 4.78 is 43.8. The van der Waals surface area contributed by atoms with Crippen LogP contribution in [-0.2, 0) is 17.4 Å². The largest absolute Gasteiger partial charge is 0.493 e. The minimum absolute atomic E-state index is 0.0725. The molecule has 1 heterocycles. The van der Waals surface area contributed by atoms with Crippen LogP contribution in [0.15, 0.2) is 48.7 Å². The molecule has 4 rings (SSSR count). The molecule has 8 heteroatoms. The normalized spacial score (nSPS) is 20.7. The summed E-state index contributed by atoms with van der Waals surface area (Å²) in [5.74, 6) is 0.713. The fourth-order valence-corrected chi connectivity index (χ4v) is 4.24. The highest BCUT2D eigenvalue weighted by molar-refractivity contribution is 6.04. The molecule has 1 amide bonds. The number of hydrogen-bond acceptors (Lipinski definition) is 3. The van der Waals surface area contributed by atoms with E-state index in [1.54, 1.807) is 12.3 Å². The molecular formula is C24H25F3N2O3. The number of carbonyl (C=O) groups excluding carboxylic acids is 1. The standard InChI is InChI=1S/C24H25F3N2O3/c1-23(11-16(12-23)14-30)22(31)29-21-13-28-20-7-6-18(10-19(20)21)32-9-8-15-2-4-17(5-3-15)24(25,26)27/h2-7,10,13,16,28,30H,8-9,11-12,14H2,1H3,(H,29,31)/t16-,23+. The first-order valence-corrected chi connectivity index (χ1v) is 10.5. The molecular weight excluding hydrogens is 421 g/mol. The predicted molar refractivity (Wildman–Crippen MR) is 115 cm³/mol.